The SMILES string of the molecule is CCNCc1nnc(N2CCCC(OC)C2)o1. The number of nitrogens with one attached hydrogen (secondary N) is 1. The quantitative estimate of drug-likeness (QED) is 0.821. The summed E-state index contributed by atoms with van der Waals surface area (Å²) in [5.41, 5.74) is 0. The second kappa shape index (κ2) is 5.97. The number of methoxy groups -OCH3 is 1. The zero-order valence-corrected chi connectivity index (χ0v) is 10.5. The summed E-state index contributed by atoms with van der Waals surface area (Å²) in [4.78, 5) is 2.10. The van der Waals surface area contributed by atoms with Gasteiger partial charge in [-0.1, -0.05) is 12.0 Å². The first-order chi connectivity index (χ1) is 8.33. The number of rotatable bonds is 5. The van der Waals surface area contributed by atoms with Crippen molar-refractivity contribution in [2.75, 3.05) is 31.6 Å². The molecule has 0 amide bonds. The molecule has 1 atom stereocenters. The Hall–Kier alpha value is -1.14. The van der Waals surface area contributed by atoms with Crippen molar-refractivity contribution in [2.24, 2.45) is 0 Å². The van der Waals surface area contributed by atoms with Gasteiger partial charge >= 0.3 is 6.01 Å². The first kappa shape index (κ1) is 12.3. The summed E-state index contributed by atoms with van der Waals surface area (Å²) in [7, 11) is 1.75. The van der Waals surface area contributed by atoms with Crippen molar-refractivity contribution in [3.63, 3.8) is 0 Å². The van der Waals surface area contributed by atoms with Crippen molar-refractivity contribution in [3.8, 4) is 0 Å². The van der Waals surface area contributed by atoms with E-state index in [-0.39, 0.29) is 6.10 Å². The molecule has 0 saturated carbocycles. The molecule has 17 heavy (non-hydrogen) atoms. The van der Waals surface area contributed by atoms with Gasteiger partial charge in [-0.2, -0.15) is 0 Å². The zero-order chi connectivity index (χ0) is 12.1. The predicted molar refractivity (Wildman–Crippen MR) is 63.9 cm³/mol. The van der Waals surface area contributed by atoms with Gasteiger partial charge in [0, 0.05) is 20.2 Å². The van der Waals surface area contributed by atoms with Crippen molar-refractivity contribution >= 4 is 6.01 Å². The highest BCUT2D eigenvalue weighted by Crippen LogP contribution is 2.19. The van der Waals surface area contributed by atoms with E-state index in [1.807, 2.05) is 6.92 Å². The molecule has 0 aromatic carbocycles. The summed E-state index contributed by atoms with van der Waals surface area (Å²) in [6.07, 6.45) is 2.47. The monoisotopic (exact) mass is 240 g/mol. The van der Waals surface area contributed by atoms with Crippen LogP contribution < -0.4 is 10.2 Å². The van der Waals surface area contributed by atoms with E-state index < -0.39 is 0 Å². The van der Waals surface area contributed by atoms with Crippen LogP contribution >= 0.6 is 0 Å². The Labute approximate surface area is 101 Å². The number of ether oxygens (including phenoxy) is 1. The van der Waals surface area contributed by atoms with Crippen molar-refractivity contribution in [1.29, 1.82) is 0 Å². The minimum absolute atomic E-state index is 0.271. The van der Waals surface area contributed by atoms with E-state index in [0.717, 1.165) is 32.5 Å². The summed E-state index contributed by atoms with van der Waals surface area (Å²) < 4.78 is 11.0. The Balaban J connectivity index is 1.94. The van der Waals surface area contributed by atoms with Gasteiger partial charge in [-0.25, -0.2) is 0 Å². The zero-order valence-electron chi connectivity index (χ0n) is 10.5. The van der Waals surface area contributed by atoms with Crippen LogP contribution in [0.15, 0.2) is 4.42 Å². The average molecular weight is 240 g/mol. The largest absolute Gasteiger partial charge is 0.407 e. The molecule has 0 spiro atoms. The van der Waals surface area contributed by atoms with Crippen LogP contribution in [0.1, 0.15) is 25.7 Å². The van der Waals surface area contributed by atoms with Crippen LogP contribution in [0.4, 0.5) is 6.01 Å². The van der Waals surface area contributed by atoms with Crippen molar-refractivity contribution in [3.05, 3.63) is 5.89 Å². The highest BCUT2D eigenvalue weighted by Gasteiger charge is 2.23. The Morgan fingerprint density at radius 1 is 1.53 bits per heavy atom. The van der Waals surface area contributed by atoms with Gasteiger partial charge in [0.15, 0.2) is 0 Å². The van der Waals surface area contributed by atoms with Gasteiger partial charge in [0.25, 0.3) is 0 Å². The van der Waals surface area contributed by atoms with Gasteiger partial charge in [0.05, 0.1) is 12.6 Å². The standard InChI is InChI=1S/C11H20N4O2/c1-3-12-7-10-13-14-11(17-10)15-6-4-5-9(8-15)16-2/h9,12H,3-8H2,1-2H3. The summed E-state index contributed by atoms with van der Waals surface area (Å²) >= 11 is 0. The lowest BCUT2D eigenvalue weighted by molar-refractivity contribution is 0.0879. The molecular weight excluding hydrogens is 220 g/mol. The minimum Gasteiger partial charge on any atom is -0.407 e. The van der Waals surface area contributed by atoms with E-state index in [2.05, 4.69) is 20.4 Å². The molecule has 2 rings (SSSR count). The molecule has 96 valence electrons. The molecule has 1 unspecified atom stereocenters. The van der Waals surface area contributed by atoms with Crippen LogP contribution in [-0.2, 0) is 11.3 Å². The Bertz CT molecular complexity index is 342. The van der Waals surface area contributed by atoms with Gasteiger partial charge < -0.3 is 19.4 Å². The van der Waals surface area contributed by atoms with Crippen LogP contribution in [0.25, 0.3) is 0 Å². The van der Waals surface area contributed by atoms with Crippen molar-refractivity contribution in [2.45, 2.75) is 32.4 Å². The molecule has 1 fully saturated rings. The Kier molecular flexibility index (Phi) is 4.33. The Morgan fingerprint density at radius 2 is 2.41 bits per heavy atom. The van der Waals surface area contributed by atoms with Crippen LogP contribution in [0.3, 0.4) is 0 Å². The van der Waals surface area contributed by atoms with E-state index >= 15 is 0 Å². The maximum Gasteiger partial charge on any atom is 0.318 e. The average Bonchev–Trinajstić information content (AvgIpc) is 2.85. The number of hydrogen-bond donors (Lipinski definition) is 1. The molecule has 1 aliphatic rings. The van der Waals surface area contributed by atoms with Crippen LogP contribution in [-0.4, -0.2) is 43.0 Å². The first-order valence-electron chi connectivity index (χ1n) is 6.14. The molecule has 0 aliphatic carbocycles. The molecule has 0 bridgehead atoms. The lowest BCUT2D eigenvalue weighted by Crippen LogP contribution is -2.39. The van der Waals surface area contributed by atoms with E-state index in [9.17, 15) is 0 Å². The molecular formula is C11H20N4O2. The maximum atomic E-state index is 5.60. The summed E-state index contributed by atoms with van der Waals surface area (Å²) in [5.74, 6) is 0.640. The van der Waals surface area contributed by atoms with Crippen LogP contribution in [0.5, 0.6) is 0 Å². The summed E-state index contributed by atoms with van der Waals surface area (Å²) in [6, 6.07) is 0.611. The molecule has 6 nitrogen and oxygen atoms in total. The molecule has 1 aromatic heterocycles. The molecule has 1 saturated heterocycles. The fraction of sp³-hybridized carbons (Fsp3) is 0.818. The topological polar surface area (TPSA) is 63.4 Å². The van der Waals surface area contributed by atoms with E-state index in [4.69, 9.17) is 9.15 Å². The first-order valence-corrected chi connectivity index (χ1v) is 6.14. The van der Waals surface area contributed by atoms with Crippen molar-refractivity contribution in [1.82, 2.24) is 15.5 Å². The van der Waals surface area contributed by atoms with Gasteiger partial charge in [-0.15, -0.1) is 5.10 Å². The summed E-state index contributed by atoms with van der Waals surface area (Å²) in [5, 5.41) is 11.3. The van der Waals surface area contributed by atoms with E-state index in [0.29, 0.717) is 18.5 Å². The van der Waals surface area contributed by atoms with E-state index in [1.54, 1.807) is 7.11 Å². The highest BCUT2D eigenvalue weighted by molar-refractivity contribution is 5.25. The molecule has 1 aromatic rings. The Morgan fingerprint density at radius 3 is 3.18 bits per heavy atom. The highest BCUT2D eigenvalue weighted by atomic mass is 16.5. The number of piperidine rings is 1. The second-order valence-electron chi connectivity index (χ2n) is 4.20. The lowest BCUT2D eigenvalue weighted by Gasteiger charge is -2.30. The third-order valence-corrected chi connectivity index (χ3v) is 2.96. The third-order valence-electron chi connectivity index (χ3n) is 2.96. The van der Waals surface area contributed by atoms with Crippen LogP contribution in [0, 0.1) is 0 Å². The minimum atomic E-state index is 0.271. The normalized spacial score (nSPS) is 20.8. The third kappa shape index (κ3) is 3.17. The maximum absolute atomic E-state index is 5.60. The fourth-order valence-electron chi connectivity index (χ4n) is 1.98. The van der Waals surface area contributed by atoms with E-state index in [1.165, 1.54) is 0 Å². The number of hydrogen-bond acceptors (Lipinski definition) is 6. The molecule has 0 radical (unpaired) electrons. The van der Waals surface area contributed by atoms with Crippen LogP contribution in [0.2, 0.25) is 0 Å². The number of nitrogens with zero attached hydrogens (tertiary/aromatic N) is 3. The predicted octanol–water partition coefficient (Wildman–Crippen LogP) is 0.794. The van der Waals surface area contributed by atoms with Gasteiger partial charge in [-0.3, -0.25) is 0 Å². The molecule has 1 aliphatic heterocycles. The summed E-state index contributed by atoms with van der Waals surface area (Å²) in [6.45, 7) is 5.37. The smallest absolute Gasteiger partial charge is 0.318 e. The number of aromatic nitrogens is 2. The van der Waals surface area contributed by atoms with Gasteiger partial charge in [0.1, 0.15) is 0 Å². The lowest BCUT2D eigenvalue weighted by atomic mass is 10.1. The second-order valence-corrected chi connectivity index (χ2v) is 4.20. The molecule has 1 N–H and O–H groups in total. The van der Waals surface area contributed by atoms with Gasteiger partial charge in [-0.05, 0) is 19.4 Å². The van der Waals surface area contributed by atoms with Gasteiger partial charge in [0.2, 0.25) is 5.89 Å². The number of anilines is 1. The van der Waals surface area contributed by atoms with Crippen molar-refractivity contribution < 1.29 is 9.15 Å². The molecule has 2 heterocycles. The fourth-order valence-corrected chi connectivity index (χ4v) is 1.98. The molecule has 6 heteroatoms.